The second-order valence-electron chi connectivity index (χ2n) is 4.40. The van der Waals surface area contributed by atoms with E-state index in [1.807, 2.05) is 6.07 Å². The number of aromatic nitrogens is 8. The number of anilines is 1. The minimum absolute atomic E-state index is 0.449. The molecule has 0 bridgehead atoms. The molecule has 0 saturated carbocycles. The number of nitrogens with zero attached hydrogens (tertiary/aromatic N) is 8. The zero-order valence-electron chi connectivity index (χ0n) is 11.8. The molecule has 0 amide bonds. The monoisotopic (exact) mass is 285 g/mol. The Balaban J connectivity index is 2.07. The third-order valence-electron chi connectivity index (χ3n) is 2.81. The molecule has 1 N–H and O–H groups in total. The Bertz CT molecular complexity index is 716. The molecule has 9 heteroatoms. The summed E-state index contributed by atoms with van der Waals surface area (Å²) in [5.74, 6) is 1.46. The summed E-state index contributed by atoms with van der Waals surface area (Å²) in [7, 11) is 1.79. The largest absolute Gasteiger partial charge is 0.354 e. The Morgan fingerprint density at radius 1 is 1.24 bits per heavy atom. The Hall–Kier alpha value is -2.84. The van der Waals surface area contributed by atoms with E-state index in [1.54, 1.807) is 35.0 Å². The summed E-state index contributed by atoms with van der Waals surface area (Å²) >= 11 is 0. The van der Waals surface area contributed by atoms with Crippen molar-refractivity contribution in [3.05, 3.63) is 24.7 Å². The summed E-state index contributed by atoms with van der Waals surface area (Å²) in [6.07, 6.45) is 6.05. The molecule has 3 heterocycles. The molecule has 108 valence electrons. The van der Waals surface area contributed by atoms with E-state index in [0.29, 0.717) is 23.4 Å². The van der Waals surface area contributed by atoms with Gasteiger partial charge in [-0.2, -0.15) is 20.1 Å². The van der Waals surface area contributed by atoms with Crippen molar-refractivity contribution >= 4 is 5.95 Å². The van der Waals surface area contributed by atoms with Crippen molar-refractivity contribution in [1.82, 2.24) is 39.7 Å². The van der Waals surface area contributed by atoms with Crippen molar-refractivity contribution < 1.29 is 0 Å². The molecule has 0 saturated heterocycles. The molecular weight excluding hydrogens is 270 g/mol. The zero-order chi connectivity index (χ0) is 14.7. The molecule has 0 aliphatic rings. The van der Waals surface area contributed by atoms with Gasteiger partial charge < -0.3 is 5.32 Å². The van der Waals surface area contributed by atoms with Crippen LogP contribution in [0.15, 0.2) is 24.7 Å². The summed E-state index contributed by atoms with van der Waals surface area (Å²) < 4.78 is 3.21. The minimum Gasteiger partial charge on any atom is -0.354 e. The fourth-order valence-electron chi connectivity index (χ4n) is 1.78. The maximum absolute atomic E-state index is 4.42. The van der Waals surface area contributed by atoms with Crippen molar-refractivity contribution in [2.45, 2.75) is 13.3 Å². The summed E-state index contributed by atoms with van der Waals surface area (Å²) in [5, 5.41) is 15.1. The second kappa shape index (κ2) is 5.65. The van der Waals surface area contributed by atoms with E-state index in [-0.39, 0.29) is 0 Å². The van der Waals surface area contributed by atoms with Gasteiger partial charge in [0.2, 0.25) is 5.95 Å². The van der Waals surface area contributed by atoms with Crippen LogP contribution in [0.2, 0.25) is 0 Å². The van der Waals surface area contributed by atoms with Crippen LogP contribution in [0.25, 0.3) is 17.5 Å². The van der Waals surface area contributed by atoms with Gasteiger partial charge in [-0.1, -0.05) is 12.1 Å². The van der Waals surface area contributed by atoms with Crippen LogP contribution < -0.4 is 5.32 Å². The third kappa shape index (κ3) is 2.71. The van der Waals surface area contributed by atoms with Crippen molar-refractivity contribution in [3.8, 4) is 17.5 Å². The first-order valence-corrected chi connectivity index (χ1v) is 6.63. The topological polar surface area (TPSA) is 99.2 Å². The Kier molecular flexibility index (Phi) is 3.54. The lowest BCUT2D eigenvalue weighted by Gasteiger charge is -2.08. The van der Waals surface area contributed by atoms with Gasteiger partial charge in [0, 0.05) is 26.0 Å². The van der Waals surface area contributed by atoms with Gasteiger partial charge in [-0.15, -0.1) is 5.10 Å². The van der Waals surface area contributed by atoms with Gasteiger partial charge in [-0.05, 0) is 12.5 Å². The highest BCUT2D eigenvalue weighted by Crippen LogP contribution is 2.15. The quantitative estimate of drug-likeness (QED) is 0.735. The van der Waals surface area contributed by atoms with E-state index < -0.39 is 0 Å². The first-order chi connectivity index (χ1) is 10.3. The van der Waals surface area contributed by atoms with Gasteiger partial charge >= 0.3 is 0 Å². The highest BCUT2D eigenvalue weighted by molar-refractivity contribution is 5.50. The van der Waals surface area contributed by atoms with E-state index in [2.05, 4.69) is 42.6 Å². The maximum atomic E-state index is 4.42. The molecule has 0 radical (unpaired) electrons. The van der Waals surface area contributed by atoms with Crippen molar-refractivity contribution in [3.63, 3.8) is 0 Å². The van der Waals surface area contributed by atoms with Crippen molar-refractivity contribution in [2.24, 2.45) is 7.05 Å². The van der Waals surface area contributed by atoms with Gasteiger partial charge in [0.15, 0.2) is 5.82 Å². The lowest BCUT2D eigenvalue weighted by Crippen LogP contribution is -2.11. The molecule has 0 aliphatic heterocycles. The standard InChI is InChI=1S/C12H15N9/c1-3-5-13-11-16-10(9-8-14-19-20(9)2)17-12(18-11)21-7-4-6-15-21/h4,6-8H,3,5H2,1-2H3,(H,13,16,17,18). The predicted molar refractivity (Wildman–Crippen MR) is 75.7 cm³/mol. The van der Waals surface area contributed by atoms with Crippen LogP contribution in [0.1, 0.15) is 13.3 Å². The smallest absolute Gasteiger partial charge is 0.255 e. The average Bonchev–Trinajstić information content (AvgIpc) is 3.16. The molecule has 9 nitrogen and oxygen atoms in total. The van der Waals surface area contributed by atoms with Gasteiger partial charge in [0.25, 0.3) is 5.95 Å². The number of aryl methyl sites for hydroxylation is 1. The van der Waals surface area contributed by atoms with Crippen LogP contribution in [0.4, 0.5) is 5.95 Å². The lowest BCUT2D eigenvalue weighted by atomic mass is 10.4. The van der Waals surface area contributed by atoms with Gasteiger partial charge in [-0.3, -0.25) is 0 Å². The Morgan fingerprint density at radius 2 is 2.14 bits per heavy atom. The molecule has 3 aromatic heterocycles. The van der Waals surface area contributed by atoms with Crippen molar-refractivity contribution in [2.75, 3.05) is 11.9 Å². The van der Waals surface area contributed by atoms with Crippen LogP contribution in [-0.2, 0) is 7.05 Å². The number of hydrogen-bond donors (Lipinski definition) is 1. The Morgan fingerprint density at radius 3 is 2.81 bits per heavy atom. The fourth-order valence-corrected chi connectivity index (χ4v) is 1.78. The lowest BCUT2D eigenvalue weighted by molar-refractivity contribution is 0.714. The fraction of sp³-hybridized carbons (Fsp3) is 0.333. The molecule has 0 atom stereocenters. The summed E-state index contributed by atoms with van der Waals surface area (Å²) in [5.41, 5.74) is 0.713. The first-order valence-electron chi connectivity index (χ1n) is 6.63. The molecule has 3 aromatic rings. The van der Waals surface area contributed by atoms with Gasteiger partial charge in [0.05, 0.1) is 6.20 Å². The number of hydrogen-bond acceptors (Lipinski definition) is 7. The van der Waals surface area contributed by atoms with E-state index in [9.17, 15) is 0 Å². The summed E-state index contributed by atoms with van der Waals surface area (Å²) in [6, 6.07) is 1.81. The van der Waals surface area contributed by atoms with Crippen LogP contribution in [0.3, 0.4) is 0 Å². The van der Waals surface area contributed by atoms with Gasteiger partial charge in [-0.25, -0.2) is 9.36 Å². The Labute approximate surface area is 121 Å². The predicted octanol–water partition coefficient (Wildman–Crippen LogP) is 0.675. The van der Waals surface area contributed by atoms with Gasteiger partial charge in [0.1, 0.15) is 5.69 Å². The van der Waals surface area contributed by atoms with E-state index in [0.717, 1.165) is 13.0 Å². The molecule has 3 rings (SSSR count). The zero-order valence-corrected chi connectivity index (χ0v) is 11.8. The molecule has 0 aromatic carbocycles. The van der Waals surface area contributed by atoms with E-state index >= 15 is 0 Å². The van der Waals surface area contributed by atoms with E-state index in [1.165, 1.54) is 0 Å². The summed E-state index contributed by atoms with van der Waals surface area (Å²) in [4.78, 5) is 13.2. The van der Waals surface area contributed by atoms with Crippen LogP contribution in [-0.4, -0.2) is 46.3 Å². The van der Waals surface area contributed by atoms with Crippen LogP contribution in [0.5, 0.6) is 0 Å². The molecule has 0 fully saturated rings. The maximum Gasteiger partial charge on any atom is 0.255 e. The molecule has 0 aliphatic carbocycles. The summed E-state index contributed by atoms with van der Waals surface area (Å²) in [6.45, 7) is 2.86. The normalized spacial score (nSPS) is 10.8. The second-order valence-corrected chi connectivity index (χ2v) is 4.40. The van der Waals surface area contributed by atoms with Crippen LogP contribution in [0, 0.1) is 0 Å². The molecule has 0 spiro atoms. The molecule has 0 unspecified atom stereocenters. The molecular formula is C12H15N9. The highest BCUT2D eigenvalue weighted by atomic mass is 15.4. The minimum atomic E-state index is 0.449. The number of nitrogens with one attached hydrogen (secondary N) is 1. The van der Waals surface area contributed by atoms with Crippen LogP contribution >= 0.6 is 0 Å². The van der Waals surface area contributed by atoms with Crippen molar-refractivity contribution in [1.29, 1.82) is 0 Å². The molecule has 21 heavy (non-hydrogen) atoms. The average molecular weight is 285 g/mol. The third-order valence-corrected chi connectivity index (χ3v) is 2.81. The first kappa shape index (κ1) is 13.2. The van der Waals surface area contributed by atoms with E-state index in [4.69, 9.17) is 0 Å². The highest BCUT2D eigenvalue weighted by Gasteiger charge is 2.13. The number of rotatable bonds is 5. The SMILES string of the molecule is CCCNc1nc(-c2cnnn2C)nc(-n2cccn2)n1.